The maximum Gasteiger partial charge on any atom is 0.253 e. The molecule has 1 aliphatic heterocycles. The van der Waals surface area contributed by atoms with E-state index in [-0.39, 0.29) is 17.7 Å². The number of amides is 2. The first-order chi connectivity index (χ1) is 12.4. The fourth-order valence-corrected chi connectivity index (χ4v) is 3.60. The Morgan fingerprint density at radius 1 is 1.04 bits per heavy atom. The molecule has 1 saturated heterocycles. The van der Waals surface area contributed by atoms with Crippen LogP contribution in [0.5, 0.6) is 0 Å². The van der Waals surface area contributed by atoms with E-state index in [4.69, 9.17) is 0 Å². The van der Waals surface area contributed by atoms with E-state index in [1.165, 1.54) is 0 Å². The van der Waals surface area contributed by atoms with Crippen LogP contribution in [-0.4, -0.2) is 29.8 Å². The number of rotatable bonds is 3. The van der Waals surface area contributed by atoms with Crippen molar-refractivity contribution in [3.05, 3.63) is 64.7 Å². The average Bonchev–Trinajstić information content (AvgIpc) is 2.62. The highest BCUT2D eigenvalue weighted by atomic mass is 16.2. The van der Waals surface area contributed by atoms with Gasteiger partial charge in [0.05, 0.1) is 5.92 Å². The summed E-state index contributed by atoms with van der Waals surface area (Å²) in [6.45, 7) is 7.16. The molecule has 26 heavy (non-hydrogen) atoms. The first kappa shape index (κ1) is 18.2. The molecule has 3 rings (SSSR count). The monoisotopic (exact) mass is 350 g/mol. The van der Waals surface area contributed by atoms with Gasteiger partial charge in [-0.2, -0.15) is 0 Å². The van der Waals surface area contributed by atoms with Gasteiger partial charge < -0.3 is 10.2 Å². The molecule has 2 amide bonds. The minimum Gasteiger partial charge on any atom is -0.338 e. The van der Waals surface area contributed by atoms with Gasteiger partial charge in [0.25, 0.3) is 5.91 Å². The van der Waals surface area contributed by atoms with Gasteiger partial charge in [0.2, 0.25) is 5.91 Å². The molecule has 4 heteroatoms. The van der Waals surface area contributed by atoms with Crippen molar-refractivity contribution in [2.75, 3.05) is 18.4 Å². The predicted octanol–water partition coefficient (Wildman–Crippen LogP) is 4.10. The normalized spacial score (nSPS) is 17.0. The SMILES string of the molecule is Cc1cc(C)cc(C(=O)N2CCC[C@H](C(=O)Nc3ccccc3C)C2)c1. The van der Waals surface area contributed by atoms with Crippen LogP contribution >= 0.6 is 0 Å². The van der Waals surface area contributed by atoms with Crippen molar-refractivity contribution < 1.29 is 9.59 Å². The number of aryl methyl sites for hydroxylation is 3. The van der Waals surface area contributed by atoms with Gasteiger partial charge in [0.15, 0.2) is 0 Å². The Labute approximate surface area is 155 Å². The summed E-state index contributed by atoms with van der Waals surface area (Å²) in [7, 11) is 0. The van der Waals surface area contributed by atoms with Crippen LogP contribution in [0.4, 0.5) is 5.69 Å². The molecular formula is C22H26N2O2. The quantitative estimate of drug-likeness (QED) is 0.906. The summed E-state index contributed by atoms with van der Waals surface area (Å²) in [6.07, 6.45) is 1.66. The number of carbonyl (C=O) groups is 2. The lowest BCUT2D eigenvalue weighted by atomic mass is 9.95. The van der Waals surface area contributed by atoms with E-state index in [0.717, 1.165) is 35.2 Å². The largest absolute Gasteiger partial charge is 0.338 e. The summed E-state index contributed by atoms with van der Waals surface area (Å²) in [6, 6.07) is 13.7. The Balaban J connectivity index is 1.69. The zero-order valence-corrected chi connectivity index (χ0v) is 15.7. The summed E-state index contributed by atoms with van der Waals surface area (Å²) in [5.41, 5.74) is 4.76. The summed E-state index contributed by atoms with van der Waals surface area (Å²) >= 11 is 0. The fourth-order valence-electron chi connectivity index (χ4n) is 3.60. The van der Waals surface area contributed by atoms with Crippen LogP contribution in [0.3, 0.4) is 0 Å². The molecule has 2 aromatic rings. The van der Waals surface area contributed by atoms with E-state index < -0.39 is 0 Å². The summed E-state index contributed by atoms with van der Waals surface area (Å²) in [5.74, 6) is -0.152. The molecule has 0 spiro atoms. The van der Waals surface area contributed by atoms with Crippen molar-refractivity contribution in [1.29, 1.82) is 0 Å². The van der Waals surface area contributed by atoms with Crippen LogP contribution in [0.25, 0.3) is 0 Å². The number of likely N-dealkylation sites (tertiary alicyclic amines) is 1. The Kier molecular flexibility index (Phi) is 5.40. The number of anilines is 1. The van der Waals surface area contributed by atoms with Gasteiger partial charge in [-0.15, -0.1) is 0 Å². The van der Waals surface area contributed by atoms with Crippen molar-refractivity contribution in [1.82, 2.24) is 4.90 Å². The van der Waals surface area contributed by atoms with Gasteiger partial charge in [0.1, 0.15) is 0 Å². The lowest BCUT2D eigenvalue weighted by Crippen LogP contribution is -2.43. The standard InChI is InChI=1S/C22H26N2O2/c1-15-11-16(2)13-19(12-15)22(26)24-10-6-8-18(14-24)21(25)23-20-9-5-4-7-17(20)3/h4-5,7,9,11-13,18H,6,8,10,14H2,1-3H3,(H,23,25)/t18-/m0/s1. The number of piperidine rings is 1. The molecule has 0 bridgehead atoms. The summed E-state index contributed by atoms with van der Waals surface area (Å²) in [4.78, 5) is 27.4. The molecule has 0 aromatic heterocycles. The van der Waals surface area contributed by atoms with Crippen molar-refractivity contribution in [3.8, 4) is 0 Å². The third kappa shape index (κ3) is 4.13. The Morgan fingerprint density at radius 3 is 2.42 bits per heavy atom. The number of nitrogens with zero attached hydrogens (tertiary/aromatic N) is 1. The zero-order valence-electron chi connectivity index (χ0n) is 15.7. The summed E-state index contributed by atoms with van der Waals surface area (Å²) in [5, 5.41) is 3.02. The van der Waals surface area contributed by atoms with Gasteiger partial charge >= 0.3 is 0 Å². The van der Waals surface area contributed by atoms with Gasteiger partial charge in [-0.05, 0) is 57.4 Å². The van der Waals surface area contributed by atoms with Crippen molar-refractivity contribution in [2.24, 2.45) is 5.92 Å². The molecule has 2 aromatic carbocycles. The molecule has 0 saturated carbocycles. The van der Waals surface area contributed by atoms with Crippen LogP contribution in [0.15, 0.2) is 42.5 Å². The predicted molar refractivity (Wildman–Crippen MR) is 104 cm³/mol. The lowest BCUT2D eigenvalue weighted by molar-refractivity contribution is -0.121. The van der Waals surface area contributed by atoms with E-state index in [1.54, 1.807) is 0 Å². The molecule has 1 N–H and O–H groups in total. The molecule has 0 aliphatic carbocycles. The molecule has 0 radical (unpaired) electrons. The average molecular weight is 350 g/mol. The maximum absolute atomic E-state index is 12.9. The van der Waals surface area contributed by atoms with E-state index in [9.17, 15) is 9.59 Å². The fraction of sp³-hybridized carbons (Fsp3) is 0.364. The highest BCUT2D eigenvalue weighted by molar-refractivity contribution is 5.96. The van der Waals surface area contributed by atoms with Gasteiger partial charge in [-0.1, -0.05) is 35.4 Å². The molecule has 136 valence electrons. The molecule has 1 fully saturated rings. The Hall–Kier alpha value is -2.62. The molecule has 0 unspecified atom stereocenters. The third-order valence-electron chi connectivity index (χ3n) is 4.95. The minimum atomic E-state index is -0.168. The van der Waals surface area contributed by atoms with E-state index in [0.29, 0.717) is 18.7 Å². The number of carbonyl (C=O) groups excluding carboxylic acids is 2. The van der Waals surface area contributed by atoms with Crippen molar-refractivity contribution >= 4 is 17.5 Å². The maximum atomic E-state index is 12.9. The second kappa shape index (κ2) is 7.73. The van der Waals surface area contributed by atoms with Gasteiger partial charge in [-0.3, -0.25) is 9.59 Å². The molecular weight excluding hydrogens is 324 g/mol. The number of hydrogen-bond acceptors (Lipinski definition) is 2. The lowest BCUT2D eigenvalue weighted by Gasteiger charge is -2.32. The topological polar surface area (TPSA) is 49.4 Å². The van der Waals surface area contributed by atoms with Crippen LogP contribution < -0.4 is 5.32 Å². The van der Waals surface area contributed by atoms with Crippen molar-refractivity contribution in [2.45, 2.75) is 33.6 Å². The van der Waals surface area contributed by atoms with E-state index in [1.807, 2.05) is 62.1 Å². The molecule has 1 atom stereocenters. The Bertz CT molecular complexity index is 808. The van der Waals surface area contributed by atoms with E-state index in [2.05, 4.69) is 11.4 Å². The number of hydrogen-bond donors (Lipinski definition) is 1. The number of nitrogens with one attached hydrogen (secondary N) is 1. The van der Waals surface area contributed by atoms with Crippen LogP contribution in [-0.2, 0) is 4.79 Å². The first-order valence-electron chi connectivity index (χ1n) is 9.18. The van der Waals surface area contributed by atoms with Gasteiger partial charge in [-0.25, -0.2) is 0 Å². The highest BCUT2D eigenvalue weighted by Gasteiger charge is 2.29. The number of benzene rings is 2. The van der Waals surface area contributed by atoms with Crippen molar-refractivity contribution in [3.63, 3.8) is 0 Å². The minimum absolute atomic E-state index is 0.00257. The highest BCUT2D eigenvalue weighted by Crippen LogP contribution is 2.22. The summed E-state index contributed by atoms with van der Waals surface area (Å²) < 4.78 is 0. The third-order valence-corrected chi connectivity index (χ3v) is 4.95. The molecule has 1 aliphatic rings. The molecule has 1 heterocycles. The van der Waals surface area contributed by atoms with Crippen LogP contribution in [0.2, 0.25) is 0 Å². The second-order valence-electron chi connectivity index (χ2n) is 7.27. The Morgan fingerprint density at radius 2 is 1.73 bits per heavy atom. The van der Waals surface area contributed by atoms with Crippen LogP contribution in [0.1, 0.15) is 39.9 Å². The second-order valence-corrected chi connectivity index (χ2v) is 7.27. The first-order valence-corrected chi connectivity index (χ1v) is 9.18. The van der Waals surface area contributed by atoms with Gasteiger partial charge in [0, 0.05) is 24.3 Å². The molecule has 4 nitrogen and oxygen atoms in total. The van der Waals surface area contributed by atoms with Crippen LogP contribution in [0, 0.1) is 26.7 Å². The number of para-hydroxylation sites is 1. The van der Waals surface area contributed by atoms with E-state index >= 15 is 0 Å². The zero-order chi connectivity index (χ0) is 18.7. The smallest absolute Gasteiger partial charge is 0.253 e.